The van der Waals surface area contributed by atoms with Crippen LogP contribution < -0.4 is 5.73 Å². The Morgan fingerprint density at radius 3 is 2.79 bits per heavy atom. The molecule has 106 valence electrons. The summed E-state index contributed by atoms with van der Waals surface area (Å²) in [5.74, 6) is 2.62. The van der Waals surface area contributed by atoms with Crippen LogP contribution in [-0.4, -0.2) is 15.8 Å². The van der Waals surface area contributed by atoms with Gasteiger partial charge in [-0.15, -0.1) is 0 Å². The molecule has 2 bridgehead atoms. The molecule has 3 nitrogen and oxygen atoms in total. The van der Waals surface area contributed by atoms with Crippen molar-refractivity contribution < 1.29 is 0 Å². The summed E-state index contributed by atoms with van der Waals surface area (Å²) in [6, 6.07) is 0.299. The molecule has 3 rings (SSSR count). The Morgan fingerprint density at radius 1 is 1.42 bits per heavy atom. The number of fused-ring (bicyclic) bond motifs is 2. The van der Waals surface area contributed by atoms with Gasteiger partial charge in [0.25, 0.3) is 0 Å². The number of halogens is 1. The highest BCUT2D eigenvalue weighted by molar-refractivity contribution is 9.10. The lowest BCUT2D eigenvalue weighted by atomic mass is 9.82. The van der Waals surface area contributed by atoms with Crippen LogP contribution in [-0.2, 0) is 13.0 Å². The Hall–Kier alpha value is -0.350. The Kier molecular flexibility index (Phi) is 3.73. The third-order valence-electron chi connectivity index (χ3n) is 5.22. The molecule has 2 saturated carbocycles. The molecule has 0 amide bonds. The van der Waals surface area contributed by atoms with Crippen molar-refractivity contribution in [3.63, 3.8) is 0 Å². The second kappa shape index (κ2) is 5.21. The molecule has 4 unspecified atom stereocenters. The fourth-order valence-electron chi connectivity index (χ4n) is 4.26. The van der Waals surface area contributed by atoms with Crippen molar-refractivity contribution in [2.45, 2.75) is 58.5 Å². The average molecular weight is 326 g/mol. The number of nitrogens with zero attached hydrogens (tertiary/aromatic N) is 2. The first-order valence-corrected chi connectivity index (χ1v) is 8.36. The van der Waals surface area contributed by atoms with E-state index in [0.29, 0.717) is 6.04 Å². The SMILES string of the molecule is CCn1nc(C)c(Br)c1CC(N)C1CC2CCC1C2. The second-order valence-electron chi connectivity index (χ2n) is 6.37. The zero-order chi connectivity index (χ0) is 13.6. The summed E-state index contributed by atoms with van der Waals surface area (Å²) in [7, 11) is 0. The van der Waals surface area contributed by atoms with Gasteiger partial charge in [-0.25, -0.2) is 0 Å². The zero-order valence-electron chi connectivity index (χ0n) is 11.9. The van der Waals surface area contributed by atoms with Crippen molar-refractivity contribution in [1.82, 2.24) is 9.78 Å². The number of aryl methyl sites for hydroxylation is 2. The van der Waals surface area contributed by atoms with Crippen LogP contribution in [0, 0.1) is 24.7 Å². The third-order valence-corrected chi connectivity index (χ3v) is 6.26. The van der Waals surface area contributed by atoms with Crippen molar-refractivity contribution in [2.75, 3.05) is 0 Å². The van der Waals surface area contributed by atoms with Crippen molar-refractivity contribution in [3.8, 4) is 0 Å². The fraction of sp³-hybridized carbons (Fsp3) is 0.800. The van der Waals surface area contributed by atoms with Crippen LogP contribution in [0.3, 0.4) is 0 Å². The predicted molar refractivity (Wildman–Crippen MR) is 81.0 cm³/mol. The molecule has 1 aromatic rings. The summed E-state index contributed by atoms with van der Waals surface area (Å²) in [4.78, 5) is 0. The molecule has 4 heteroatoms. The maximum atomic E-state index is 6.54. The van der Waals surface area contributed by atoms with Crippen LogP contribution in [0.5, 0.6) is 0 Å². The lowest BCUT2D eigenvalue weighted by Gasteiger charge is -2.28. The largest absolute Gasteiger partial charge is 0.327 e. The molecule has 0 saturated heterocycles. The van der Waals surface area contributed by atoms with E-state index in [1.165, 1.54) is 31.4 Å². The molecule has 0 aromatic carbocycles. The van der Waals surface area contributed by atoms with Crippen molar-refractivity contribution in [1.29, 1.82) is 0 Å². The van der Waals surface area contributed by atoms with E-state index in [2.05, 4.69) is 39.6 Å². The molecule has 2 aliphatic carbocycles. The van der Waals surface area contributed by atoms with Gasteiger partial charge in [-0.1, -0.05) is 6.42 Å². The summed E-state index contributed by atoms with van der Waals surface area (Å²) >= 11 is 3.68. The molecule has 2 N–H and O–H groups in total. The molecule has 0 spiro atoms. The Bertz CT molecular complexity index is 468. The Labute approximate surface area is 124 Å². The smallest absolute Gasteiger partial charge is 0.0738 e. The van der Waals surface area contributed by atoms with Crippen LogP contribution in [0.1, 0.15) is 44.0 Å². The summed E-state index contributed by atoms with van der Waals surface area (Å²) in [6.45, 7) is 5.12. The van der Waals surface area contributed by atoms with Crippen LogP contribution in [0.2, 0.25) is 0 Å². The van der Waals surface area contributed by atoms with E-state index in [9.17, 15) is 0 Å². The van der Waals surface area contributed by atoms with Crippen molar-refractivity contribution >= 4 is 15.9 Å². The highest BCUT2D eigenvalue weighted by Crippen LogP contribution is 2.49. The van der Waals surface area contributed by atoms with Crippen molar-refractivity contribution in [2.24, 2.45) is 23.5 Å². The predicted octanol–water partition coefficient (Wildman–Crippen LogP) is 3.28. The van der Waals surface area contributed by atoms with Gasteiger partial charge in [-0.2, -0.15) is 5.10 Å². The van der Waals surface area contributed by atoms with Crippen LogP contribution in [0.15, 0.2) is 4.47 Å². The molecular weight excluding hydrogens is 302 g/mol. The molecule has 2 aliphatic rings. The van der Waals surface area contributed by atoms with Gasteiger partial charge in [0.1, 0.15) is 0 Å². The number of nitrogens with two attached hydrogens (primary N) is 1. The zero-order valence-corrected chi connectivity index (χ0v) is 13.5. The third kappa shape index (κ3) is 2.38. The van der Waals surface area contributed by atoms with Gasteiger partial charge in [0, 0.05) is 19.0 Å². The van der Waals surface area contributed by atoms with Gasteiger partial charge < -0.3 is 5.73 Å². The highest BCUT2D eigenvalue weighted by atomic mass is 79.9. The number of hydrogen-bond acceptors (Lipinski definition) is 2. The first-order chi connectivity index (χ1) is 9.10. The molecule has 0 radical (unpaired) electrons. The molecule has 0 aliphatic heterocycles. The number of hydrogen-bond donors (Lipinski definition) is 1. The molecule has 19 heavy (non-hydrogen) atoms. The van der Waals surface area contributed by atoms with Crippen LogP contribution >= 0.6 is 15.9 Å². The second-order valence-corrected chi connectivity index (χ2v) is 7.16. The van der Waals surface area contributed by atoms with Gasteiger partial charge in [0.2, 0.25) is 0 Å². The quantitative estimate of drug-likeness (QED) is 0.923. The van der Waals surface area contributed by atoms with E-state index in [-0.39, 0.29) is 0 Å². The first-order valence-electron chi connectivity index (χ1n) is 7.57. The molecular formula is C15H24BrN3. The Morgan fingerprint density at radius 2 is 2.21 bits per heavy atom. The van der Waals surface area contributed by atoms with Crippen LogP contribution in [0.25, 0.3) is 0 Å². The Balaban J connectivity index is 1.74. The highest BCUT2D eigenvalue weighted by Gasteiger charge is 2.42. The lowest BCUT2D eigenvalue weighted by molar-refractivity contribution is 0.277. The lowest BCUT2D eigenvalue weighted by Crippen LogP contribution is -2.36. The minimum Gasteiger partial charge on any atom is -0.327 e. The number of aromatic nitrogens is 2. The summed E-state index contributed by atoms with van der Waals surface area (Å²) in [5, 5.41) is 4.57. The molecule has 1 aromatic heterocycles. The van der Waals surface area contributed by atoms with E-state index in [0.717, 1.165) is 40.9 Å². The van der Waals surface area contributed by atoms with Gasteiger partial charge in [0.15, 0.2) is 0 Å². The van der Waals surface area contributed by atoms with E-state index in [1.54, 1.807) is 0 Å². The van der Waals surface area contributed by atoms with E-state index >= 15 is 0 Å². The molecule has 4 atom stereocenters. The van der Waals surface area contributed by atoms with E-state index < -0.39 is 0 Å². The van der Waals surface area contributed by atoms with Crippen molar-refractivity contribution in [3.05, 3.63) is 15.9 Å². The van der Waals surface area contributed by atoms with Gasteiger partial charge in [-0.05, 0) is 66.8 Å². The molecule has 2 fully saturated rings. The first kappa shape index (κ1) is 13.6. The normalized spacial score (nSPS) is 31.1. The molecule has 1 heterocycles. The minimum atomic E-state index is 0.299. The van der Waals surface area contributed by atoms with E-state index in [4.69, 9.17) is 5.73 Å². The maximum absolute atomic E-state index is 6.54. The summed E-state index contributed by atoms with van der Waals surface area (Å²) in [6.07, 6.45) is 6.62. The number of rotatable bonds is 4. The standard InChI is InChI=1S/C15H24BrN3/c1-3-19-14(15(16)9(2)18-19)8-13(17)12-7-10-4-5-11(12)6-10/h10-13H,3-8,17H2,1-2H3. The monoisotopic (exact) mass is 325 g/mol. The van der Waals surface area contributed by atoms with Gasteiger partial charge >= 0.3 is 0 Å². The topological polar surface area (TPSA) is 43.8 Å². The van der Waals surface area contributed by atoms with Crippen LogP contribution in [0.4, 0.5) is 0 Å². The van der Waals surface area contributed by atoms with E-state index in [1.807, 2.05) is 0 Å². The van der Waals surface area contributed by atoms with Gasteiger partial charge in [0.05, 0.1) is 15.9 Å². The minimum absolute atomic E-state index is 0.299. The maximum Gasteiger partial charge on any atom is 0.0738 e. The summed E-state index contributed by atoms with van der Waals surface area (Å²) < 4.78 is 3.26. The average Bonchev–Trinajstić information content (AvgIpc) is 3.08. The van der Waals surface area contributed by atoms with Gasteiger partial charge in [-0.3, -0.25) is 4.68 Å². The fourth-order valence-corrected chi connectivity index (χ4v) is 4.70. The summed E-state index contributed by atoms with van der Waals surface area (Å²) in [5.41, 5.74) is 8.91.